The fraction of sp³-hybridized carbons (Fsp3) is 0.351. The molecule has 5 rings (SSSR count). The smallest absolute Gasteiger partial charge is 0.407 e. The molecule has 1 N–H and O–H groups in total. The average Bonchev–Trinajstić information content (AvgIpc) is 3.71. The van der Waals surface area contributed by atoms with E-state index in [-0.39, 0.29) is 6.10 Å². The molecule has 254 valence electrons. The monoisotopic (exact) mass is 692 g/mol. The minimum Gasteiger partial charge on any atom is -0.491 e. The Morgan fingerprint density at radius 3 is 2.62 bits per heavy atom. The van der Waals surface area contributed by atoms with E-state index in [1.54, 1.807) is 24.7 Å². The van der Waals surface area contributed by atoms with Crippen molar-refractivity contribution in [2.45, 2.75) is 51.4 Å². The maximum atomic E-state index is 12.2. The number of carbonyl (C=O) groups is 1. The number of carbonyl (C=O) groups excluding carboxylic acids is 1. The molecule has 48 heavy (non-hydrogen) atoms. The second-order valence-corrected chi connectivity index (χ2v) is 13.4. The topological polar surface area (TPSA) is 87.1 Å². The van der Waals surface area contributed by atoms with Crippen molar-refractivity contribution in [1.29, 1.82) is 0 Å². The highest BCUT2D eigenvalue weighted by atomic mass is 35.5. The number of amides is 1. The first-order chi connectivity index (χ1) is 23.1. The Labute approximate surface area is 292 Å². The molecule has 11 heteroatoms. The second-order valence-electron chi connectivity index (χ2n) is 12.6. The Hall–Kier alpha value is -3.86. The van der Waals surface area contributed by atoms with Gasteiger partial charge in [-0.15, -0.1) is 0 Å². The molecular formula is C37H42Cl2N4O5. The molecule has 0 bridgehead atoms. The quantitative estimate of drug-likeness (QED) is 0.146. The van der Waals surface area contributed by atoms with Gasteiger partial charge in [0.2, 0.25) is 5.79 Å². The third kappa shape index (κ3) is 10.6. The van der Waals surface area contributed by atoms with Crippen LogP contribution in [0.5, 0.6) is 5.75 Å². The van der Waals surface area contributed by atoms with Crippen molar-refractivity contribution in [3.05, 3.63) is 124 Å². The molecule has 1 aromatic heterocycles. The first-order valence-electron chi connectivity index (χ1n) is 15.9. The number of rotatable bonds is 14. The summed E-state index contributed by atoms with van der Waals surface area (Å²) in [6, 6.07) is 23.5. The number of hydrogen-bond acceptors (Lipinski definition) is 7. The zero-order valence-corrected chi connectivity index (χ0v) is 29.0. The molecule has 1 aliphatic rings. The lowest BCUT2D eigenvalue weighted by atomic mass is 10.1. The van der Waals surface area contributed by atoms with Crippen LogP contribution in [0.25, 0.3) is 6.08 Å². The van der Waals surface area contributed by atoms with E-state index in [9.17, 15) is 4.79 Å². The van der Waals surface area contributed by atoms with Gasteiger partial charge in [0, 0.05) is 49.2 Å². The maximum absolute atomic E-state index is 12.2. The van der Waals surface area contributed by atoms with Gasteiger partial charge in [-0.25, -0.2) is 9.78 Å². The number of nitrogens with one attached hydrogen (secondary N) is 1. The zero-order valence-electron chi connectivity index (χ0n) is 27.5. The van der Waals surface area contributed by atoms with Crippen LogP contribution >= 0.6 is 23.2 Å². The van der Waals surface area contributed by atoms with Gasteiger partial charge in [-0.1, -0.05) is 83.9 Å². The van der Waals surface area contributed by atoms with Crippen LogP contribution in [-0.4, -0.2) is 65.1 Å². The van der Waals surface area contributed by atoms with Gasteiger partial charge in [0.15, 0.2) is 0 Å². The van der Waals surface area contributed by atoms with Gasteiger partial charge in [-0.2, -0.15) is 0 Å². The van der Waals surface area contributed by atoms with E-state index in [1.165, 1.54) is 0 Å². The van der Waals surface area contributed by atoms with Crippen LogP contribution < -0.4 is 10.1 Å². The van der Waals surface area contributed by atoms with Crippen molar-refractivity contribution < 1.29 is 23.7 Å². The standard InChI is InChI=1S/C37H42Cl2N4O5/c1-36(2,3)48-35(44)41-18-21-42(19-7-10-28-8-5-4-6-9-28)23-29-11-14-31(15-12-29)45-24-32-25-46-37(47-32,26-43-20-17-40-27-43)33-16-13-30(38)22-34(33)39/h4-17,20,22,27,32H,18-19,21,23-26H2,1-3H3,(H,41,44)/t32-,37-/m1/s1. The van der Waals surface area contributed by atoms with Crippen LogP contribution in [0.4, 0.5) is 4.79 Å². The van der Waals surface area contributed by atoms with Crippen molar-refractivity contribution in [1.82, 2.24) is 19.8 Å². The molecule has 4 aromatic rings. The van der Waals surface area contributed by atoms with Crippen molar-refractivity contribution in [3.8, 4) is 5.75 Å². The largest absolute Gasteiger partial charge is 0.491 e. The number of benzene rings is 3. The average molecular weight is 694 g/mol. The third-order valence-corrected chi connectivity index (χ3v) is 8.03. The van der Waals surface area contributed by atoms with Crippen LogP contribution in [0.15, 0.2) is 97.6 Å². The highest BCUT2D eigenvalue weighted by Crippen LogP contribution is 2.40. The number of halogens is 2. The third-order valence-electron chi connectivity index (χ3n) is 7.49. The fourth-order valence-corrected chi connectivity index (χ4v) is 5.83. The Kier molecular flexibility index (Phi) is 12.2. The normalized spacial score (nSPS) is 18.0. The Morgan fingerprint density at radius 2 is 1.92 bits per heavy atom. The van der Waals surface area contributed by atoms with E-state index in [0.29, 0.717) is 61.5 Å². The van der Waals surface area contributed by atoms with Crippen LogP contribution in [-0.2, 0) is 33.1 Å². The number of aromatic nitrogens is 2. The van der Waals surface area contributed by atoms with Gasteiger partial charge in [-0.3, -0.25) is 4.90 Å². The van der Waals surface area contributed by atoms with Gasteiger partial charge in [-0.05, 0) is 56.2 Å². The van der Waals surface area contributed by atoms with Gasteiger partial charge in [0.25, 0.3) is 0 Å². The van der Waals surface area contributed by atoms with E-state index in [1.807, 2.05) is 80.1 Å². The van der Waals surface area contributed by atoms with E-state index in [0.717, 1.165) is 16.9 Å². The summed E-state index contributed by atoms with van der Waals surface area (Å²) in [6.45, 7) is 9.04. The van der Waals surface area contributed by atoms with Crippen LogP contribution in [0, 0.1) is 0 Å². The van der Waals surface area contributed by atoms with Crippen molar-refractivity contribution in [3.63, 3.8) is 0 Å². The summed E-state index contributed by atoms with van der Waals surface area (Å²) in [6.07, 6.45) is 8.75. The maximum Gasteiger partial charge on any atom is 0.407 e. The van der Waals surface area contributed by atoms with Crippen LogP contribution in [0.3, 0.4) is 0 Å². The lowest BCUT2D eigenvalue weighted by Gasteiger charge is -2.30. The molecule has 1 saturated heterocycles. The zero-order chi connectivity index (χ0) is 34.0. The molecular weight excluding hydrogens is 651 g/mol. The molecule has 9 nitrogen and oxygen atoms in total. The number of ether oxygens (including phenoxy) is 4. The van der Waals surface area contributed by atoms with Gasteiger partial charge in [0.05, 0.1) is 24.5 Å². The molecule has 1 fully saturated rings. The molecule has 3 aromatic carbocycles. The molecule has 2 heterocycles. The van der Waals surface area contributed by atoms with Crippen LogP contribution in [0.2, 0.25) is 10.0 Å². The summed E-state index contributed by atoms with van der Waals surface area (Å²) in [5.41, 5.74) is 2.40. The predicted octanol–water partition coefficient (Wildman–Crippen LogP) is 7.58. The van der Waals surface area contributed by atoms with E-state index in [4.69, 9.17) is 42.1 Å². The van der Waals surface area contributed by atoms with E-state index >= 15 is 0 Å². The van der Waals surface area contributed by atoms with E-state index < -0.39 is 17.5 Å². The minimum absolute atomic E-state index is 0.295. The Balaban J connectivity index is 1.18. The summed E-state index contributed by atoms with van der Waals surface area (Å²) in [4.78, 5) is 18.6. The Bertz CT molecular complexity index is 1630. The molecule has 0 unspecified atom stereocenters. The highest BCUT2D eigenvalue weighted by molar-refractivity contribution is 6.35. The first kappa shape index (κ1) is 35.4. The number of nitrogens with zero attached hydrogens (tertiary/aromatic N) is 3. The number of hydrogen-bond donors (Lipinski definition) is 1. The summed E-state index contributed by atoms with van der Waals surface area (Å²) >= 11 is 12.8. The molecule has 1 amide bonds. The SMILES string of the molecule is CC(C)(C)OC(=O)NCCN(CC=Cc1ccccc1)Cc1ccc(OC[C@@H]2CO[C@@](Cn3ccnc3)(c3ccc(Cl)cc3Cl)O2)cc1. The fourth-order valence-electron chi connectivity index (χ4n) is 5.28. The molecule has 0 saturated carbocycles. The molecule has 1 aliphatic heterocycles. The van der Waals surface area contributed by atoms with Crippen molar-refractivity contribution in [2.24, 2.45) is 0 Å². The van der Waals surface area contributed by atoms with Crippen molar-refractivity contribution >= 4 is 35.4 Å². The van der Waals surface area contributed by atoms with Gasteiger partial charge >= 0.3 is 6.09 Å². The highest BCUT2D eigenvalue weighted by Gasteiger charge is 2.45. The number of alkyl carbamates (subject to hydrolysis) is 1. The molecule has 0 aliphatic carbocycles. The predicted molar refractivity (Wildman–Crippen MR) is 188 cm³/mol. The summed E-state index contributed by atoms with van der Waals surface area (Å²) in [5, 5.41) is 3.86. The minimum atomic E-state index is -1.11. The lowest BCUT2D eigenvalue weighted by Crippen LogP contribution is -2.38. The second kappa shape index (κ2) is 16.5. The summed E-state index contributed by atoms with van der Waals surface area (Å²) < 4.78 is 26.2. The summed E-state index contributed by atoms with van der Waals surface area (Å²) in [5.74, 6) is -0.391. The molecule has 2 atom stereocenters. The van der Waals surface area contributed by atoms with Crippen LogP contribution in [0.1, 0.15) is 37.5 Å². The van der Waals surface area contributed by atoms with E-state index in [2.05, 4.69) is 39.5 Å². The first-order valence-corrected chi connectivity index (χ1v) is 16.7. The summed E-state index contributed by atoms with van der Waals surface area (Å²) in [7, 11) is 0. The number of imidazole rings is 1. The Morgan fingerprint density at radius 1 is 1.12 bits per heavy atom. The lowest BCUT2D eigenvalue weighted by molar-refractivity contribution is -0.189. The molecule has 0 spiro atoms. The van der Waals surface area contributed by atoms with Gasteiger partial charge < -0.3 is 28.8 Å². The van der Waals surface area contributed by atoms with Crippen molar-refractivity contribution in [2.75, 3.05) is 32.8 Å². The molecule has 0 radical (unpaired) electrons. The van der Waals surface area contributed by atoms with Gasteiger partial charge in [0.1, 0.15) is 24.1 Å².